The summed E-state index contributed by atoms with van der Waals surface area (Å²) in [6, 6.07) is 7.65. The van der Waals surface area contributed by atoms with Crippen LogP contribution in [-0.2, 0) is 0 Å². The molecule has 0 fully saturated rings. The van der Waals surface area contributed by atoms with E-state index in [9.17, 15) is 0 Å². The third-order valence-electron chi connectivity index (χ3n) is 3.18. The minimum absolute atomic E-state index is 0.229. The van der Waals surface area contributed by atoms with Crippen molar-refractivity contribution in [3.05, 3.63) is 53.3 Å². The van der Waals surface area contributed by atoms with E-state index in [0.29, 0.717) is 6.61 Å². The van der Waals surface area contributed by atoms with Crippen LogP contribution in [0.15, 0.2) is 36.7 Å². The van der Waals surface area contributed by atoms with Crippen molar-refractivity contribution < 1.29 is 9.47 Å². The van der Waals surface area contributed by atoms with Crippen molar-refractivity contribution in [3.8, 4) is 11.5 Å². The Morgan fingerprint density at radius 1 is 1.20 bits per heavy atom. The van der Waals surface area contributed by atoms with Crippen LogP contribution < -0.4 is 15.2 Å². The molecule has 2 aromatic rings. The second-order valence-electron chi connectivity index (χ2n) is 4.59. The molecular formula is C16H20N2O2. The Bertz CT molecular complexity index is 584. The maximum absolute atomic E-state index is 6.31. The van der Waals surface area contributed by atoms with E-state index in [1.807, 2.05) is 38.1 Å². The zero-order chi connectivity index (χ0) is 14.5. The third kappa shape index (κ3) is 3.08. The van der Waals surface area contributed by atoms with E-state index in [1.54, 1.807) is 19.5 Å². The first-order valence-electron chi connectivity index (χ1n) is 6.63. The van der Waals surface area contributed by atoms with Gasteiger partial charge in [-0.05, 0) is 42.7 Å². The molecule has 0 saturated heterocycles. The average molecular weight is 272 g/mol. The van der Waals surface area contributed by atoms with Crippen molar-refractivity contribution in [1.82, 2.24) is 4.98 Å². The zero-order valence-electron chi connectivity index (χ0n) is 12.1. The molecular weight excluding hydrogens is 252 g/mol. The summed E-state index contributed by atoms with van der Waals surface area (Å²) in [5.41, 5.74) is 9.33. The van der Waals surface area contributed by atoms with Gasteiger partial charge in [-0.15, -0.1) is 0 Å². The van der Waals surface area contributed by atoms with Crippen LogP contribution in [-0.4, -0.2) is 18.7 Å². The number of benzene rings is 1. The van der Waals surface area contributed by atoms with E-state index in [1.165, 1.54) is 0 Å². The molecule has 1 heterocycles. The normalized spacial score (nSPS) is 12.0. The molecule has 0 bridgehead atoms. The van der Waals surface area contributed by atoms with Crippen LogP contribution in [0, 0.1) is 6.92 Å². The largest absolute Gasteiger partial charge is 0.496 e. The molecule has 0 spiro atoms. The second kappa shape index (κ2) is 6.39. The summed E-state index contributed by atoms with van der Waals surface area (Å²) < 4.78 is 10.7. The minimum atomic E-state index is -0.229. The van der Waals surface area contributed by atoms with Gasteiger partial charge in [0, 0.05) is 6.20 Å². The van der Waals surface area contributed by atoms with Crippen LogP contribution in [0.5, 0.6) is 11.5 Å². The summed E-state index contributed by atoms with van der Waals surface area (Å²) in [4.78, 5) is 4.18. The Morgan fingerprint density at radius 2 is 2.00 bits per heavy atom. The van der Waals surface area contributed by atoms with E-state index in [4.69, 9.17) is 15.2 Å². The molecule has 1 aromatic carbocycles. The Balaban J connectivity index is 2.28. The number of aromatic nitrogens is 1. The Morgan fingerprint density at radius 3 is 2.65 bits per heavy atom. The lowest BCUT2D eigenvalue weighted by molar-refractivity contribution is 0.338. The highest BCUT2D eigenvalue weighted by Crippen LogP contribution is 2.26. The molecule has 0 saturated carbocycles. The van der Waals surface area contributed by atoms with Gasteiger partial charge < -0.3 is 15.2 Å². The molecule has 2 N–H and O–H groups in total. The molecule has 2 rings (SSSR count). The molecule has 0 aliphatic rings. The SMILES string of the molecule is CCOc1cncc(C(N)c2ccc(OC)c(C)c2)c1. The molecule has 4 heteroatoms. The molecule has 4 nitrogen and oxygen atoms in total. The Hall–Kier alpha value is -2.07. The van der Waals surface area contributed by atoms with Gasteiger partial charge in [0.25, 0.3) is 0 Å². The lowest BCUT2D eigenvalue weighted by Crippen LogP contribution is -2.12. The number of rotatable bonds is 5. The van der Waals surface area contributed by atoms with Crippen molar-refractivity contribution in [1.29, 1.82) is 0 Å². The number of hydrogen-bond donors (Lipinski definition) is 1. The molecule has 0 aliphatic heterocycles. The van der Waals surface area contributed by atoms with Crippen LogP contribution in [0.2, 0.25) is 0 Å². The first-order chi connectivity index (χ1) is 9.65. The van der Waals surface area contributed by atoms with Gasteiger partial charge in [0.05, 0.1) is 26.0 Å². The summed E-state index contributed by atoms with van der Waals surface area (Å²) in [7, 11) is 1.66. The number of ether oxygens (including phenoxy) is 2. The number of methoxy groups -OCH3 is 1. The molecule has 0 aliphatic carbocycles. The van der Waals surface area contributed by atoms with E-state index >= 15 is 0 Å². The fourth-order valence-electron chi connectivity index (χ4n) is 2.14. The maximum atomic E-state index is 6.31. The number of nitrogens with zero attached hydrogens (tertiary/aromatic N) is 1. The van der Waals surface area contributed by atoms with E-state index in [-0.39, 0.29) is 6.04 Å². The highest BCUT2D eigenvalue weighted by molar-refractivity contribution is 5.41. The van der Waals surface area contributed by atoms with Gasteiger partial charge >= 0.3 is 0 Å². The van der Waals surface area contributed by atoms with Crippen LogP contribution >= 0.6 is 0 Å². The summed E-state index contributed by atoms with van der Waals surface area (Å²) >= 11 is 0. The number of hydrogen-bond acceptors (Lipinski definition) is 4. The topological polar surface area (TPSA) is 57.4 Å². The van der Waals surface area contributed by atoms with Gasteiger partial charge in [-0.1, -0.05) is 12.1 Å². The predicted octanol–water partition coefficient (Wildman–Crippen LogP) is 2.85. The lowest BCUT2D eigenvalue weighted by Gasteiger charge is -2.15. The molecule has 1 aromatic heterocycles. The predicted molar refractivity (Wildman–Crippen MR) is 79.2 cm³/mol. The second-order valence-corrected chi connectivity index (χ2v) is 4.59. The standard InChI is InChI=1S/C16H20N2O2/c1-4-20-14-8-13(9-18-10-14)16(17)12-5-6-15(19-3)11(2)7-12/h5-10,16H,4,17H2,1-3H3. The van der Waals surface area contributed by atoms with Crippen LogP contribution in [0.1, 0.15) is 29.7 Å². The average Bonchev–Trinajstić information content (AvgIpc) is 2.47. The van der Waals surface area contributed by atoms with Crippen molar-refractivity contribution in [2.75, 3.05) is 13.7 Å². The molecule has 20 heavy (non-hydrogen) atoms. The van der Waals surface area contributed by atoms with E-state index < -0.39 is 0 Å². The first kappa shape index (κ1) is 14.3. The summed E-state index contributed by atoms with van der Waals surface area (Å²) in [5, 5.41) is 0. The van der Waals surface area contributed by atoms with Crippen molar-refractivity contribution in [2.24, 2.45) is 5.73 Å². The smallest absolute Gasteiger partial charge is 0.137 e. The number of nitrogens with two attached hydrogens (primary N) is 1. The van der Waals surface area contributed by atoms with Gasteiger partial charge in [0.2, 0.25) is 0 Å². The molecule has 106 valence electrons. The van der Waals surface area contributed by atoms with Gasteiger partial charge in [0.15, 0.2) is 0 Å². The zero-order valence-corrected chi connectivity index (χ0v) is 12.1. The van der Waals surface area contributed by atoms with Crippen molar-refractivity contribution >= 4 is 0 Å². The third-order valence-corrected chi connectivity index (χ3v) is 3.18. The van der Waals surface area contributed by atoms with Crippen LogP contribution in [0.25, 0.3) is 0 Å². The Kier molecular flexibility index (Phi) is 4.58. The number of pyridine rings is 1. The monoisotopic (exact) mass is 272 g/mol. The van der Waals surface area contributed by atoms with Gasteiger partial charge in [-0.25, -0.2) is 0 Å². The first-order valence-corrected chi connectivity index (χ1v) is 6.63. The van der Waals surface area contributed by atoms with Gasteiger partial charge in [-0.2, -0.15) is 0 Å². The van der Waals surface area contributed by atoms with Crippen LogP contribution in [0.4, 0.5) is 0 Å². The Labute approximate surface area is 119 Å². The van der Waals surface area contributed by atoms with E-state index in [0.717, 1.165) is 28.2 Å². The maximum Gasteiger partial charge on any atom is 0.137 e. The molecule has 1 atom stereocenters. The highest BCUT2D eigenvalue weighted by Gasteiger charge is 2.12. The molecule has 0 radical (unpaired) electrons. The lowest BCUT2D eigenvalue weighted by atomic mass is 9.99. The quantitative estimate of drug-likeness (QED) is 0.909. The molecule has 0 amide bonds. The van der Waals surface area contributed by atoms with Crippen LogP contribution in [0.3, 0.4) is 0 Å². The summed E-state index contributed by atoms with van der Waals surface area (Å²) in [5.74, 6) is 1.60. The van der Waals surface area contributed by atoms with E-state index in [2.05, 4.69) is 4.98 Å². The fraction of sp³-hybridized carbons (Fsp3) is 0.312. The summed E-state index contributed by atoms with van der Waals surface area (Å²) in [6.07, 6.45) is 3.46. The van der Waals surface area contributed by atoms with Gasteiger partial charge in [-0.3, -0.25) is 4.98 Å². The fourth-order valence-corrected chi connectivity index (χ4v) is 2.14. The van der Waals surface area contributed by atoms with Gasteiger partial charge in [0.1, 0.15) is 11.5 Å². The molecule has 1 unspecified atom stereocenters. The summed E-state index contributed by atoms with van der Waals surface area (Å²) in [6.45, 7) is 4.56. The highest BCUT2D eigenvalue weighted by atomic mass is 16.5. The van der Waals surface area contributed by atoms with Crippen molar-refractivity contribution in [3.63, 3.8) is 0 Å². The van der Waals surface area contributed by atoms with Crippen molar-refractivity contribution in [2.45, 2.75) is 19.9 Å². The minimum Gasteiger partial charge on any atom is -0.496 e. The number of aryl methyl sites for hydroxylation is 1.